The van der Waals surface area contributed by atoms with Crippen molar-refractivity contribution in [1.29, 1.82) is 0 Å². The number of hydrogen-bond donors (Lipinski definition) is 10. The first kappa shape index (κ1) is 29.5. The zero-order valence-electron chi connectivity index (χ0n) is 20.0. The van der Waals surface area contributed by atoms with E-state index in [1.54, 1.807) is 0 Å². The summed E-state index contributed by atoms with van der Waals surface area (Å²) in [6.07, 6.45) is -12.1. The maximum absolute atomic E-state index is 11.1. The van der Waals surface area contributed by atoms with Crippen LogP contribution in [0.3, 0.4) is 0 Å². The van der Waals surface area contributed by atoms with Crippen molar-refractivity contribution in [2.75, 3.05) is 20.1 Å². The first-order valence-corrected chi connectivity index (χ1v) is 11.8. The molecule has 16 heteroatoms. The number of aliphatic hydroxyl groups is 5. The minimum absolute atomic E-state index is 0.0900. The Morgan fingerprint density at radius 1 is 1.00 bits per heavy atom. The lowest BCUT2D eigenvalue weighted by Gasteiger charge is -2.48. The summed E-state index contributed by atoms with van der Waals surface area (Å²) in [5, 5.41) is 52.2. The van der Waals surface area contributed by atoms with Gasteiger partial charge in [0.2, 0.25) is 6.41 Å². The molecular formula is C20H40N6O10. The normalized spacial score (nSPS) is 50.0. The molecule has 16 nitrogen and oxygen atoms in total. The number of likely N-dealkylation sites (N-methyl/N-ethyl adjacent to an activating group) is 1. The molecule has 0 bridgehead atoms. The van der Waals surface area contributed by atoms with Gasteiger partial charge in [-0.15, -0.1) is 0 Å². The third-order valence-corrected chi connectivity index (χ3v) is 6.97. The smallest absolute Gasteiger partial charge is 0.209 e. The highest BCUT2D eigenvalue weighted by molar-refractivity contribution is 5.46. The van der Waals surface area contributed by atoms with Crippen LogP contribution in [-0.4, -0.2) is 142 Å². The summed E-state index contributed by atoms with van der Waals surface area (Å²) in [5.41, 5.74) is 27.7. The highest BCUT2D eigenvalue weighted by atomic mass is 16.7. The molecule has 2 aliphatic heterocycles. The number of carbonyl (C=O) groups excluding carboxylic acids is 1. The van der Waals surface area contributed by atoms with Crippen molar-refractivity contribution in [3.8, 4) is 0 Å². The molecule has 2 heterocycles. The molecule has 1 aliphatic carbocycles. The van der Waals surface area contributed by atoms with Crippen molar-refractivity contribution in [3.63, 3.8) is 0 Å². The van der Waals surface area contributed by atoms with E-state index in [0.29, 0.717) is 6.41 Å². The summed E-state index contributed by atoms with van der Waals surface area (Å²) in [6.45, 7) is -0.207. The Hall–Kier alpha value is -1.09. The standard InChI is InChI=1S/C20H40N6O10/c1-26(6-27)5-10-18(31)20(25,32)3-11(33-10)35-16-7(22)2-8(23)17(15(16)30)36-19-12(24)14(29)13(28)9(4-21)34-19/h6-19,28-32H,2-5,21-25H2,1H3/t7-,8+,9-,10-,11-,12-,13-,14-,15-,16+,17-,18-,19-,20-/m1/s1. The summed E-state index contributed by atoms with van der Waals surface area (Å²) in [5.74, 6) is 0. The van der Waals surface area contributed by atoms with Crippen molar-refractivity contribution in [3.05, 3.63) is 0 Å². The van der Waals surface area contributed by atoms with Crippen LogP contribution in [0.4, 0.5) is 0 Å². The van der Waals surface area contributed by atoms with Gasteiger partial charge in [0.05, 0.1) is 6.04 Å². The third-order valence-electron chi connectivity index (χ3n) is 6.97. The molecular weight excluding hydrogens is 484 g/mol. The second-order valence-electron chi connectivity index (χ2n) is 9.88. The van der Waals surface area contributed by atoms with Crippen molar-refractivity contribution in [1.82, 2.24) is 4.90 Å². The SMILES string of the molecule is CN(C=O)C[C@H]1O[C@H](O[C@@H]2[C@@H](O)[C@H](O[C@H]3O[C@H](CN)[C@@H](O)[C@H](O)[C@H]3N)[C@@H](N)C[C@H]2N)C[C@@](N)(O)[C@@H]1O. The highest BCUT2D eigenvalue weighted by Crippen LogP contribution is 2.32. The zero-order chi connectivity index (χ0) is 26.9. The molecule has 14 atom stereocenters. The zero-order valence-corrected chi connectivity index (χ0v) is 20.0. The maximum atomic E-state index is 11.1. The number of amides is 1. The van der Waals surface area contributed by atoms with Crippen LogP contribution in [0.15, 0.2) is 0 Å². The van der Waals surface area contributed by atoms with E-state index in [9.17, 15) is 30.3 Å². The molecule has 0 aromatic carbocycles. The maximum Gasteiger partial charge on any atom is 0.209 e. The number of aliphatic hydroxyl groups excluding tert-OH is 4. The van der Waals surface area contributed by atoms with Gasteiger partial charge in [-0.3, -0.25) is 4.79 Å². The van der Waals surface area contributed by atoms with E-state index in [-0.39, 0.29) is 25.9 Å². The summed E-state index contributed by atoms with van der Waals surface area (Å²) < 4.78 is 23.0. The van der Waals surface area contributed by atoms with Crippen LogP contribution in [0.2, 0.25) is 0 Å². The lowest BCUT2D eigenvalue weighted by molar-refractivity contribution is -0.317. The summed E-state index contributed by atoms with van der Waals surface area (Å²) in [4.78, 5) is 12.2. The molecule has 3 rings (SSSR count). The van der Waals surface area contributed by atoms with Gasteiger partial charge in [-0.1, -0.05) is 0 Å². The quantitative estimate of drug-likeness (QED) is 0.104. The van der Waals surface area contributed by atoms with Crippen LogP contribution in [0, 0.1) is 0 Å². The second kappa shape index (κ2) is 11.7. The molecule has 3 fully saturated rings. The van der Waals surface area contributed by atoms with Crippen LogP contribution in [0.1, 0.15) is 12.8 Å². The molecule has 0 aromatic rings. The average molecular weight is 525 g/mol. The van der Waals surface area contributed by atoms with E-state index in [4.69, 9.17) is 47.6 Å². The van der Waals surface area contributed by atoms with Crippen molar-refractivity contribution in [2.24, 2.45) is 28.7 Å². The van der Waals surface area contributed by atoms with E-state index in [0.717, 1.165) is 0 Å². The first-order chi connectivity index (χ1) is 16.8. The molecule has 2 saturated heterocycles. The summed E-state index contributed by atoms with van der Waals surface area (Å²) >= 11 is 0. The predicted octanol–water partition coefficient (Wildman–Crippen LogP) is -6.88. The molecule has 210 valence electrons. The molecule has 0 aromatic heterocycles. The van der Waals surface area contributed by atoms with E-state index >= 15 is 0 Å². The fourth-order valence-electron chi connectivity index (χ4n) is 4.82. The minimum Gasteiger partial charge on any atom is -0.388 e. The summed E-state index contributed by atoms with van der Waals surface area (Å²) in [6, 6.07) is -2.72. The van der Waals surface area contributed by atoms with Gasteiger partial charge in [0, 0.05) is 38.6 Å². The van der Waals surface area contributed by atoms with Gasteiger partial charge in [0.15, 0.2) is 12.6 Å². The van der Waals surface area contributed by atoms with Crippen LogP contribution in [0.5, 0.6) is 0 Å². The summed E-state index contributed by atoms with van der Waals surface area (Å²) in [7, 11) is 1.45. The van der Waals surface area contributed by atoms with E-state index in [1.807, 2.05) is 0 Å². The van der Waals surface area contributed by atoms with Crippen LogP contribution in [-0.2, 0) is 23.7 Å². The second-order valence-corrected chi connectivity index (χ2v) is 9.88. The lowest BCUT2D eigenvalue weighted by atomic mass is 9.84. The van der Waals surface area contributed by atoms with E-state index in [1.165, 1.54) is 11.9 Å². The lowest BCUT2D eigenvalue weighted by Crippen LogP contribution is -2.69. The molecule has 36 heavy (non-hydrogen) atoms. The minimum atomic E-state index is -2.11. The number of nitrogens with zero attached hydrogens (tertiary/aromatic N) is 1. The molecule has 1 saturated carbocycles. The van der Waals surface area contributed by atoms with Gasteiger partial charge in [0.25, 0.3) is 0 Å². The number of nitrogens with two attached hydrogens (primary N) is 5. The number of hydrogen-bond acceptors (Lipinski definition) is 15. The fraction of sp³-hybridized carbons (Fsp3) is 0.950. The van der Waals surface area contributed by atoms with Gasteiger partial charge in [-0.2, -0.15) is 0 Å². The van der Waals surface area contributed by atoms with Gasteiger partial charge in [0.1, 0.15) is 54.6 Å². The number of ether oxygens (including phenoxy) is 4. The average Bonchev–Trinajstić information content (AvgIpc) is 2.82. The Bertz CT molecular complexity index is 737. The monoisotopic (exact) mass is 524 g/mol. The Morgan fingerprint density at radius 3 is 2.19 bits per heavy atom. The van der Waals surface area contributed by atoms with Gasteiger partial charge >= 0.3 is 0 Å². The molecule has 0 radical (unpaired) electrons. The Morgan fingerprint density at radius 2 is 1.61 bits per heavy atom. The Balaban J connectivity index is 1.72. The largest absolute Gasteiger partial charge is 0.388 e. The van der Waals surface area contributed by atoms with Gasteiger partial charge in [-0.05, 0) is 6.42 Å². The fourth-order valence-corrected chi connectivity index (χ4v) is 4.82. The highest BCUT2D eigenvalue weighted by Gasteiger charge is 2.51. The predicted molar refractivity (Wildman–Crippen MR) is 121 cm³/mol. The van der Waals surface area contributed by atoms with Crippen LogP contribution in [0.25, 0.3) is 0 Å². The number of rotatable bonds is 8. The molecule has 1 amide bonds. The topological polar surface area (TPSA) is 288 Å². The molecule has 0 unspecified atom stereocenters. The van der Waals surface area contributed by atoms with Crippen molar-refractivity contribution in [2.45, 2.75) is 98.1 Å². The first-order valence-electron chi connectivity index (χ1n) is 11.8. The van der Waals surface area contributed by atoms with Gasteiger partial charge < -0.3 is 78.0 Å². The molecule has 15 N–H and O–H groups in total. The Labute approximate surface area is 208 Å². The van der Waals surface area contributed by atoms with Gasteiger partial charge in [-0.25, -0.2) is 0 Å². The van der Waals surface area contributed by atoms with Crippen molar-refractivity contribution >= 4 is 6.41 Å². The molecule has 0 spiro atoms. The third kappa shape index (κ3) is 6.13. The van der Waals surface area contributed by atoms with Crippen LogP contribution >= 0.6 is 0 Å². The molecule has 3 aliphatic rings. The Kier molecular flexibility index (Phi) is 9.62. The van der Waals surface area contributed by atoms with Crippen molar-refractivity contribution < 1.29 is 49.3 Å². The van der Waals surface area contributed by atoms with E-state index < -0.39 is 85.3 Å². The van der Waals surface area contributed by atoms with Crippen LogP contribution < -0.4 is 28.7 Å². The number of carbonyl (C=O) groups is 1. The van der Waals surface area contributed by atoms with E-state index in [2.05, 4.69) is 0 Å².